The summed E-state index contributed by atoms with van der Waals surface area (Å²) in [6.45, 7) is 1.61. The van der Waals surface area contributed by atoms with Crippen molar-refractivity contribution >= 4 is 38.7 Å². The number of nitriles is 1. The molecular weight excluding hydrogens is 533 g/mol. The summed E-state index contributed by atoms with van der Waals surface area (Å²) in [7, 11) is -2.42. The van der Waals surface area contributed by atoms with Gasteiger partial charge in [-0.3, -0.25) is 9.55 Å². The maximum absolute atomic E-state index is 13.9. The van der Waals surface area contributed by atoms with Crippen LogP contribution in [0.25, 0.3) is 5.69 Å². The van der Waals surface area contributed by atoms with Gasteiger partial charge >= 0.3 is 11.4 Å². The molecule has 38 heavy (non-hydrogen) atoms. The number of anilines is 2. The quantitative estimate of drug-likeness (QED) is 0.382. The molecule has 4 rings (SSSR count). The van der Waals surface area contributed by atoms with E-state index in [9.17, 15) is 23.5 Å². The third-order valence-electron chi connectivity index (χ3n) is 5.21. The summed E-state index contributed by atoms with van der Waals surface area (Å²) >= 11 is 6.40. The van der Waals surface area contributed by atoms with Gasteiger partial charge in [-0.2, -0.15) is 14.6 Å². The molecule has 0 aliphatic heterocycles. The van der Waals surface area contributed by atoms with E-state index in [2.05, 4.69) is 19.6 Å². The molecule has 2 aromatic carbocycles. The fourth-order valence-corrected chi connectivity index (χ4v) is 4.43. The van der Waals surface area contributed by atoms with Crippen LogP contribution in [0.15, 0.2) is 68.8 Å². The van der Waals surface area contributed by atoms with E-state index in [1.807, 2.05) is 0 Å². The summed E-state index contributed by atoms with van der Waals surface area (Å²) < 4.78 is 32.1. The minimum absolute atomic E-state index is 0.138. The average molecular weight is 554 g/mol. The number of benzene rings is 2. The number of aryl methyl sites for hydroxylation is 1. The molecule has 0 saturated heterocycles. The van der Waals surface area contributed by atoms with Gasteiger partial charge in [0.2, 0.25) is 5.95 Å². The van der Waals surface area contributed by atoms with Gasteiger partial charge in [0.15, 0.2) is 0 Å². The van der Waals surface area contributed by atoms with Crippen LogP contribution in [0, 0.1) is 24.1 Å². The van der Waals surface area contributed by atoms with E-state index in [1.165, 1.54) is 36.9 Å². The highest BCUT2D eigenvalue weighted by Gasteiger charge is 2.17. The minimum atomic E-state index is -2.42. The maximum atomic E-state index is 13.9. The van der Waals surface area contributed by atoms with Crippen LogP contribution in [-0.4, -0.2) is 35.8 Å². The molecule has 0 amide bonds. The molecule has 0 bridgehead atoms. The van der Waals surface area contributed by atoms with Crippen LogP contribution >= 0.6 is 11.6 Å². The first-order valence-corrected chi connectivity index (χ1v) is 13.7. The fraction of sp³-hybridized carbons (Fsp3) is 0.160. The van der Waals surface area contributed by atoms with Gasteiger partial charge in [0.1, 0.15) is 11.9 Å². The van der Waals surface area contributed by atoms with E-state index in [0.29, 0.717) is 16.9 Å². The lowest BCUT2D eigenvalue weighted by atomic mass is 10.1. The van der Waals surface area contributed by atoms with Crippen molar-refractivity contribution in [3.63, 3.8) is 0 Å². The summed E-state index contributed by atoms with van der Waals surface area (Å²) in [5.74, 6) is -0.836. The first-order valence-electron chi connectivity index (χ1n) is 11.0. The van der Waals surface area contributed by atoms with Gasteiger partial charge in [0.05, 0.1) is 40.4 Å². The lowest BCUT2D eigenvalue weighted by Crippen LogP contribution is -2.41. The first-order chi connectivity index (χ1) is 17.9. The lowest BCUT2D eigenvalue weighted by molar-refractivity contribution is 0.620. The summed E-state index contributed by atoms with van der Waals surface area (Å²) in [4.78, 5) is 34.8. The van der Waals surface area contributed by atoms with E-state index < -0.39 is 26.9 Å². The van der Waals surface area contributed by atoms with Gasteiger partial charge in [-0.05, 0) is 54.4 Å². The molecule has 0 aliphatic rings. The minimum Gasteiger partial charge on any atom is -0.324 e. The molecule has 0 radical (unpaired) electrons. The van der Waals surface area contributed by atoms with Crippen LogP contribution in [0.4, 0.5) is 21.7 Å². The van der Waals surface area contributed by atoms with Crippen molar-refractivity contribution in [3.05, 3.63) is 103 Å². The number of hydrogen-bond donors (Lipinski definition) is 1. The molecule has 0 fully saturated rings. The predicted octanol–water partition coefficient (Wildman–Crippen LogP) is 3.91. The Morgan fingerprint density at radius 3 is 2.58 bits per heavy atom. The maximum Gasteiger partial charge on any atom is 0.359 e. The van der Waals surface area contributed by atoms with Crippen molar-refractivity contribution < 1.29 is 8.60 Å². The number of aromatic nitrogens is 4. The number of pyridine rings is 1. The first kappa shape index (κ1) is 26.7. The van der Waals surface area contributed by atoms with Gasteiger partial charge in [-0.1, -0.05) is 17.7 Å². The Balaban J connectivity index is 1.87. The van der Waals surface area contributed by atoms with Crippen molar-refractivity contribution in [1.29, 1.82) is 5.26 Å². The Hall–Kier alpha value is -4.34. The van der Waals surface area contributed by atoms with E-state index in [1.54, 1.807) is 37.4 Å². The van der Waals surface area contributed by atoms with Crippen LogP contribution in [0.1, 0.15) is 16.7 Å². The highest BCUT2D eigenvalue weighted by molar-refractivity contribution is 7.92. The molecule has 194 valence electrons. The fourth-order valence-electron chi connectivity index (χ4n) is 3.59. The lowest BCUT2D eigenvalue weighted by Gasteiger charge is -2.16. The van der Waals surface area contributed by atoms with Gasteiger partial charge < -0.3 is 5.32 Å². The molecular formula is C25H21ClFN7O3S. The highest BCUT2D eigenvalue weighted by Crippen LogP contribution is 2.29. The van der Waals surface area contributed by atoms with Crippen LogP contribution in [-0.2, 0) is 16.3 Å². The van der Waals surface area contributed by atoms with Gasteiger partial charge in [0, 0.05) is 28.4 Å². The molecule has 4 aromatic rings. The third-order valence-corrected chi connectivity index (χ3v) is 6.17. The Kier molecular flexibility index (Phi) is 7.43. The Morgan fingerprint density at radius 2 is 1.92 bits per heavy atom. The van der Waals surface area contributed by atoms with E-state index >= 15 is 0 Å². The van der Waals surface area contributed by atoms with Crippen molar-refractivity contribution in [2.24, 2.45) is 4.36 Å². The standard InChI is InChI=1S/C25H21ClFN7O3S/c1-15-8-19(13-29-12-15)34-24(35)31-23(30-22-7-5-18(10-20(22)26)32-38(2,3)37)33(25(34)36)14-16-4-6-21(27)17(9-16)11-28/h4-10,12-13H,14H2,1-3H3,(H,30,31,35). The van der Waals surface area contributed by atoms with E-state index in [-0.39, 0.29) is 28.8 Å². The van der Waals surface area contributed by atoms with Gasteiger partial charge in [-0.25, -0.2) is 22.8 Å². The topological polar surface area (TPSA) is 135 Å². The number of nitrogens with one attached hydrogen (secondary N) is 1. The summed E-state index contributed by atoms with van der Waals surface area (Å²) in [5.41, 5.74) is 0.245. The number of hydrogen-bond acceptors (Lipinski definition) is 8. The molecule has 10 nitrogen and oxygen atoms in total. The van der Waals surface area contributed by atoms with Crippen LogP contribution in [0.3, 0.4) is 0 Å². The summed E-state index contributed by atoms with van der Waals surface area (Å²) in [5, 5.41) is 12.3. The zero-order chi connectivity index (χ0) is 27.6. The molecule has 0 aliphatic carbocycles. The van der Waals surface area contributed by atoms with Crippen molar-refractivity contribution in [1.82, 2.24) is 19.1 Å². The molecule has 0 atom stereocenters. The number of rotatable bonds is 6. The SMILES string of the molecule is Cc1cncc(-n2c(=O)nc(Nc3ccc(N=S(C)(C)=O)cc3Cl)n(Cc3ccc(F)c(C#N)c3)c2=O)c1. The normalized spacial score (nSPS) is 11.2. The molecule has 1 N–H and O–H groups in total. The predicted molar refractivity (Wildman–Crippen MR) is 144 cm³/mol. The van der Waals surface area contributed by atoms with E-state index in [0.717, 1.165) is 20.8 Å². The van der Waals surface area contributed by atoms with Crippen molar-refractivity contribution in [3.8, 4) is 11.8 Å². The Morgan fingerprint density at radius 1 is 1.16 bits per heavy atom. The smallest absolute Gasteiger partial charge is 0.324 e. The van der Waals surface area contributed by atoms with Crippen LogP contribution in [0.2, 0.25) is 5.02 Å². The van der Waals surface area contributed by atoms with Crippen molar-refractivity contribution in [2.75, 3.05) is 17.8 Å². The van der Waals surface area contributed by atoms with Crippen molar-refractivity contribution in [2.45, 2.75) is 13.5 Å². The molecule has 13 heteroatoms. The van der Waals surface area contributed by atoms with Gasteiger partial charge in [0.25, 0.3) is 0 Å². The van der Waals surface area contributed by atoms with Crippen LogP contribution in [0.5, 0.6) is 0 Å². The Labute approximate surface area is 222 Å². The largest absolute Gasteiger partial charge is 0.359 e. The highest BCUT2D eigenvalue weighted by atomic mass is 35.5. The van der Waals surface area contributed by atoms with Gasteiger partial charge in [-0.15, -0.1) is 0 Å². The Bertz CT molecular complexity index is 1850. The summed E-state index contributed by atoms with van der Waals surface area (Å²) in [6, 6.07) is 11.8. The second kappa shape index (κ2) is 10.6. The monoisotopic (exact) mass is 553 g/mol. The van der Waals surface area contributed by atoms with Crippen LogP contribution < -0.4 is 16.7 Å². The zero-order valence-corrected chi connectivity index (χ0v) is 22.0. The second-order valence-corrected chi connectivity index (χ2v) is 11.6. The molecule has 2 heterocycles. The molecule has 2 aromatic heterocycles. The number of halogens is 2. The molecule has 0 saturated carbocycles. The third kappa shape index (κ3) is 5.96. The number of nitrogens with zero attached hydrogens (tertiary/aromatic N) is 6. The second-order valence-electron chi connectivity index (χ2n) is 8.63. The molecule has 0 unspecified atom stereocenters. The average Bonchev–Trinajstić information content (AvgIpc) is 2.83. The van der Waals surface area contributed by atoms with E-state index in [4.69, 9.17) is 11.6 Å². The summed E-state index contributed by atoms with van der Waals surface area (Å²) in [6.07, 6.45) is 5.91. The molecule has 0 spiro atoms. The zero-order valence-electron chi connectivity index (χ0n) is 20.5.